The summed E-state index contributed by atoms with van der Waals surface area (Å²) in [6.07, 6.45) is 6.08. The minimum Gasteiger partial charge on any atom is -0.385 e. The Morgan fingerprint density at radius 1 is 1.13 bits per heavy atom. The minimum absolute atomic E-state index is 0. The number of hydrogen-bond acceptors (Lipinski definition) is 4. The maximum absolute atomic E-state index is 12.1. The van der Waals surface area contributed by atoms with E-state index < -0.39 is 0 Å². The van der Waals surface area contributed by atoms with E-state index in [0.29, 0.717) is 19.1 Å². The number of anilines is 1. The van der Waals surface area contributed by atoms with Crippen LogP contribution in [-0.2, 0) is 20.8 Å². The van der Waals surface area contributed by atoms with Gasteiger partial charge in [-0.3, -0.25) is 9.79 Å². The topological polar surface area (TPSA) is 66.4 Å². The number of nitrogens with zero attached hydrogens (tertiary/aromatic N) is 3. The summed E-state index contributed by atoms with van der Waals surface area (Å²) in [5.41, 5.74) is 2.18. The van der Waals surface area contributed by atoms with Crippen molar-refractivity contribution in [3.63, 3.8) is 0 Å². The summed E-state index contributed by atoms with van der Waals surface area (Å²) in [6.45, 7) is 4.97. The molecule has 0 aliphatic carbocycles. The first-order valence-corrected chi connectivity index (χ1v) is 11.2. The van der Waals surface area contributed by atoms with Crippen molar-refractivity contribution in [2.45, 2.75) is 51.2 Å². The Hall–Kier alpha value is -1.39. The van der Waals surface area contributed by atoms with Crippen molar-refractivity contribution in [3.8, 4) is 0 Å². The monoisotopic (exact) mass is 544 g/mol. The maximum atomic E-state index is 12.1. The number of piperidine rings is 2. The third-order valence-corrected chi connectivity index (χ3v) is 5.82. The van der Waals surface area contributed by atoms with Gasteiger partial charge in [0.1, 0.15) is 0 Å². The highest BCUT2D eigenvalue weighted by Gasteiger charge is 2.22. The number of ether oxygens (including phenoxy) is 2. The van der Waals surface area contributed by atoms with Crippen molar-refractivity contribution >= 4 is 41.5 Å². The molecule has 2 aliphatic rings. The predicted molar refractivity (Wildman–Crippen MR) is 135 cm³/mol. The molecule has 2 fully saturated rings. The Morgan fingerprint density at radius 2 is 1.87 bits per heavy atom. The number of aliphatic imine (C=N–C) groups is 1. The molecule has 0 aromatic heterocycles. The van der Waals surface area contributed by atoms with Crippen LogP contribution in [0.5, 0.6) is 0 Å². The Morgan fingerprint density at radius 3 is 2.52 bits per heavy atom. The molecule has 31 heavy (non-hydrogen) atoms. The molecule has 8 heteroatoms. The highest BCUT2D eigenvalue weighted by Crippen LogP contribution is 2.21. The molecule has 3 rings (SSSR count). The standard InChI is InChI=1S/C23H36N4O3.HI/c1-24-23(26-14-11-21(12-15-26)30-17-5-16-29-2)25-18-19-7-9-20(10-8-19)27-13-4-3-6-22(27)28;/h7-10,21H,3-6,11-18H2,1-2H3,(H,24,25);1H. The van der Waals surface area contributed by atoms with Crippen LogP contribution in [0.3, 0.4) is 0 Å². The number of likely N-dealkylation sites (tertiary alicyclic amines) is 1. The summed E-state index contributed by atoms with van der Waals surface area (Å²) < 4.78 is 11.0. The SMILES string of the molecule is CN=C(NCc1ccc(N2CCCCC2=O)cc1)N1CCC(OCCCOC)CC1.I. The summed E-state index contributed by atoms with van der Waals surface area (Å²) in [7, 11) is 3.56. The molecule has 1 aromatic rings. The van der Waals surface area contributed by atoms with Gasteiger partial charge in [-0.25, -0.2) is 0 Å². The number of guanidine groups is 1. The van der Waals surface area contributed by atoms with Crippen LogP contribution >= 0.6 is 24.0 Å². The summed E-state index contributed by atoms with van der Waals surface area (Å²) in [6, 6.07) is 8.29. The number of amides is 1. The van der Waals surface area contributed by atoms with Gasteiger partial charge in [0.25, 0.3) is 0 Å². The molecule has 0 saturated carbocycles. The molecular weight excluding hydrogens is 507 g/mol. The molecule has 0 radical (unpaired) electrons. The average Bonchev–Trinajstić information content (AvgIpc) is 2.79. The van der Waals surface area contributed by atoms with Crippen LogP contribution in [0.25, 0.3) is 0 Å². The fraction of sp³-hybridized carbons (Fsp3) is 0.652. The second-order valence-corrected chi connectivity index (χ2v) is 7.97. The average molecular weight is 544 g/mol. The molecule has 7 nitrogen and oxygen atoms in total. The van der Waals surface area contributed by atoms with Gasteiger partial charge in [-0.15, -0.1) is 24.0 Å². The number of halogens is 1. The van der Waals surface area contributed by atoms with Gasteiger partial charge < -0.3 is 24.6 Å². The summed E-state index contributed by atoms with van der Waals surface area (Å²) >= 11 is 0. The molecule has 0 unspecified atom stereocenters. The van der Waals surface area contributed by atoms with Crippen LogP contribution in [0.4, 0.5) is 5.69 Å². The molecule has 0 atom stereocenters. The molecule has 1 amide bonds. The van der Waals surface area contributed by atoms with Gasteiger partial charge in [-0.05, 0) is 49.8 Å². The van der Waals surface area contributed by atoms with Crippen LogP contribution in [0, 0.1) is 0 Å². The second kappa shape index (κ2) is 13.9. The molecule has 1 N–H and O–H groups in total. The zero-order valence-electron chi connectivity index (χ0n) is 18.8. The number of carbonyl (C=O) groups is 1. The number of rotatable bonds is 8. The van der Waals surface area contributed by atoms with E-state index >= 15 is 0 Å². The van der Waals surface area contributed by atoms with E-state index in [1.54, 1.807) is 7.11 Å². The van der Waals surface area contributed by atoms with Crippen LogP contribution in [0.1, 0.15) is 44.1 Å². The van der Waals surface area contributed by atoms with Crippen molar-refractivity contribution in [1.29, 1.82) is 0 Å². The molecule has 174 valence electrons. The minimum atomic E-state index is 0. The van der Waals surface area contributed by atoms with Gasteiger partial charge in [0, 0.05) is 65.7 Å². The maximum Gasteiger partial charge on any atom is 0.226 e. The highest BCUT2D eigenvalue weighted by molar-refractivity contribution is 14.0. The van der Waals surface area contributed by atoms with Crippen LogP contribution in [-0.4, -0.2) is 69.9 Å². The van der Waals surface area contributed by atoms with Crippen molar-refractivity contribution in [1.82, 2.24) is 10.2 Å². The molecule has 2 saturated heterocycles. The number of methoxy groups -OCH3 is 1. The number of carbonyl (C=O) groups excluding carboxylic acids is 1. The van der Waals surface area contributed by atoms with Gasteiger partial charge >= 0.3 is 0 Å². The van der Waals surface area contributed by atoms with Crippen LogP contribution < -0.4 is 10.2 Å². The first-order valence-electron chi connectivity index (χ1n) is 11.2. The number of hydrogen-bond donors (Lipinski definition) is 1. The smallest absolute Gasteiger partial charge is 0.226 e. The second-order valence-electron chi connectivity index (χ2n) is 7.97. The molecule has 1 aromatic carbocycles. The van der Waals surface area contributed by atoms with E-state index in [1.807, 2.05) is 11.9 Å². The van der Waals surface area contributed by atoms with Gasteiger partial charge in [0.05, 0.1) is 6.10 Å². The lowest BCUT2D eigenvalue weighted by Crippen LogP contribution is -2.46. The van der Waals surface area contributed by atoms with Crippen LogP contribution in [0.2, 0.25) is 0 Å². The van der Waals surface area contributed by atoms with E-state index in [0.717, 1.165) is 76.6 Å². The molecular formula is C23H37IN4O3. The van der Waals surface area contributed by atoms with Crippen molar-refractivity contribution < 1.29 is 14.3 Å². The number of benzene rings is 1. The zero-order chi connectivity index (χ0) is 21.2. The highest BCUT2D eigenvalue weighted by atomic mass is 127. The van der Waals surface area contributed by atoms with E-state index in [2.05, 4.69) is 39.5 Å². The predicted octanol–water partition coefficient (Wildman–Crippen LogP) is 3.41. The van der Waals surface area contributed by atoms with Crippen molar-refractivity contribution in [2.24, 2.45) is 4.99 Å². The Bertz CT molecular complexity index is 691. The van der Waals surface area contributed by atoms with Gasteiger partial charge in [0.2, 0.25) is 5.91 Å². The van der Waals surface area contributed by atoms with Crippen molar-refractivity contribution in [2.75, 3.05) is 51.9 Å². The fourth-order valence-electron chi connectivity index (χ4n) is 4.07. The fourth-order valence-corrected chi connectivity index (χ4v) is 4.07. The summed E-state index contributed by atoms with van der Waals surface area (Å²) in [5, 5.41) is 3.48. The lowest BCUT2D eigenvalue weighted by molar-refractivity contribution is -0.119. The third-order valence-electron chi connectivity index (χ3n) is 5.82. The van der Waals surface area contributed by atoms with E-state index in [-0.39, 0.29) is 29.9 Å². The Labute approximate surface area is 203 Å². The van der Waals surface area contributed by atoms with E-state index in [1.165, 1.54) is 5.56 Å². The first kappa shape index (κ1) is 25.9. The quantitative estimate of drug-likeness (QED) is 0.235. The molecule has 2 heterocycles. The Balaban J connectivity index is 0.00000341. The number of nitrogens with one attached hydrogen (secondary N) is 1. The van der Waals surface area contributed by atoms with Crippen LogP contribution in [0.15, 0.2) is 29.3 Å². The summed E-state index contributed by atoms with van der Waals surface area (Å²) in [4.78, 5) is 20.8. The third kappa shape index (κ3) is 7.91. The van der Waals surface area contributed by atoms with E-state index in [4.69, 9.17) is 9.47 Å². The molecule has 0 bridgehead atoms. The van der Waals surface area contributed by atoms with Gasteiger partial charge in [0.15, 0.2) is 5.96 Å². The lowest BCUT2D eigenvalue weighted by atomic mass is 10.1. The summed E-state index contributed by atoms with van der Waals surface area (Å²) in [5.74, 6) is 1.17. The zero-order valence-corrected chi connectivity index (χ0v) is 21.2. The Kier molecular flexibility index (Phi) is 11.6. The molecule has 2 aliphatic heterocycles. The normalized spacial score (nSPS) is 18.1. The van der Waals surface area contributed by atoms with E-state index in [9.17, 15) is 4.79 Å². The first-order chi connectivity index (χ1) is 14.7. The lowest BCUT2D eigenvalue weighted by Gasteiger charge is -2.34. The van der Waals surface area contributed by atoms with Gasteiger partial charge in [-0.2, -0.15) is 0 Å². The largest absolute Gasteiger partial charge is 0.385 e. The van der Waals surface area contributed by atoms with Crippen molar-refractivity contribution in [3.05, 3.63) is 29.8 Å². The molecule has 0 spiro atoms. The van der Waals surface area contributed by atoms with Gasteiger partial charge in [-0.1, -0.05) is 12.1 Å².